The average Bonchev–Trinajstić information content (AvgIpc) is 3.40. The SMILES string of the molecule is C[C@@H]1OCC1N1CCCC(c2cc3c(Nc4ccc5scnc5c4)ccnc3s2)C1. The van der Waals surface area contributed by atoms with Crippen LogP contribution in [0, 0.1) is 0 Å². The number of ether oxygens (including phenoxy) is 1. The first kappa shape index (κ1) is 18.7. The van der Waals surface area contributed by atoms with E-state index >= 15 is 0 Å². The average molecular weight is 437 g/mol. The van der Waals surface area contributed by atoms with E-state index in [1.807, 2.05) is 23.0 Å². The summed E-state index contributed by atoms with van der Waals surface area (Å²) in [7, 11) is 0. The first-order valence-electron chi connectivity index (χ1n) is 10.6. The Morgan fingerprint density at radius 3 is 3.03 bits per heavy atom. The van der Waals surface area contributed by atoms with E-state index in [2.05, 4.69) is 57.4 Å². The van der Waals surface area contributed by atoms with E-state index in [4.69, 9.17) is 4.74 Å². The molecule has 6 rings (SSSR count). The number of fused-ring (bicyclic) bond motifs is 2. The summed E-state index contributed by atoms with van der Waals surface area (Å²) in [6, 6.07) is 11.4. The fourth-order valence-corrected chi connectivity index (χ4v) is 6.49. The van der Waals surface area contributed by atoms with Gasteiger partial charge >= 0.3 is 0 Å². The van der Waals surface area contributed by atoms with Gasteiger partial charge in [-0.15, -0.1) is 22.7 Å². The third-order valence-electron chi connectivity index (χ3n) is 6.46. The first-order valence-corrected chi connectivity index (χ1v) is 12.3. The van der Waals surface area contributed by atoms with Crippen LogP contribution in [0.2, 0.25) is 0 Å². The lowest BCUT2D eigenvalue weighted by atomic mass is 9.93. The van der Waals surface area contributed by atoms with Crippen molar-refractivity contribution in [3.8, 4) is 0 Å². The van der Waals surface area contributed by atoms with Crippen LogP contribution in [0.15, 0.2) is 42.0 Å². The third-order valence-corrected chi connectivity index (χ3v) is 8.48. The molecule has 5 nitrogen and oxygen atoms in total. The van der Waals surface area contributed by atoms with Crippen LogP contribution in [0.25, 0.3) is 20.4 Å². The second kappa shape index (κ2) is 7.57. The van der Waals surface area contributed by atoms with Crippen molar-refractivity contribution >= 4 is 54.5 Å². The Balaban J connectivity index is 1.28. The molecule has 7 heteroatoms. The molecule has 2 aliphatic rings. The van der Waals surface area contributed by atoms with Crippen LogP contribution in [-0.2, 0) is 4.74 Å². The molecule has 1 aromatic carbocycles. The summed E-state index contributed by atoms with van der Waals surface area (Å²) < 4.78 is 6.83. The van der Waals surface area contributed by atoms with E-state index in [1.54, 1.807) is 11.3 Å². The highest BCUT2D eigenvalue weighted by Gasteiger charge is 2.36. The number of likely N-dealkylation sites (tertiary alicyclic amines) is 1. The van der Waals surface area contributed by atoms with Gasteiger partial charge in [0.15, 0.2) is 0 Å². The van der Waals surface area contributed by atoms with Crippen LogP contribution in [0.4, 0.5) is 11.4 Å². The Labute approximate surface area is 183 Å². The summed E-state index contributed by atoms with van der Waals surface area (Å²) >= 11 is 3.53. The lowest BCUT2D eigenvalue weighted by molar-refractivity contribution is -0.129. The molecule has 0 bridgehead atoms. The minimum atomic E-state index is 0.374. The summed E-state index contributed by atoms with van der Waals surface area (Å²) in [5.41, 5.74) is 5.12. The maximum Gasteiger partial charge on any atom is 0.125 e. The van der Waals surface area contributed by atoms with Crippen LogP contribution in [-0.4, -0.2) is 46.7 Å². The maximum atomic E-state index is 5.62. The highest BCUT2D eigenvalue weighted by Crippen LogP contribution is 2.39. The van der Waals surface area contributed by atoms with Gasteiger partial charge in [0.05, 0.1) is 40.2 Å². The van der Waals surface area contributed by atoms with Crippen molar-refractivity contribution in [2.24, 2.45) is 0 Å². The smallest absolute Gasteiger partial charge is 0.125 e. The standard InChI is InChI=1S/C23H24N4OS2/c1-14-20(12-28-14)27-8-2-3-15(11-27)22-10-17-18(6-7-24-23(17)30-22)26-16-4-5-21-19(9-16)25-13-29-21/h4-7,9-10,13-15,20H,2-3,8,11-12H2,1H3,(H,24,26)/t14-,15?,20?/m0/s1. The van der Waals surface area contributed by atoms with Gasteiger partial charge < -0.3 is 10.1 Å². The van der Waals surface area contributed by atoms with Gasteiger partial charge in [-0.05, 0) is 56.6 Å². The number of benzene rings is 1. The van der Waals surface area contributed by atoms with Crippen LogP contribution in [0.3, 0.4) is 0 Å². The van der Waals surface area contributed by atoms with Crippen LogP contribution >= 0.6 is 22.7 Å². The van der Waals surface area contributed by atoms with E-state index < -0.39 is 0 Å². The molecule has 2 fully saturated rings. The molecule has 154 valence electrons. The topological polar surface area (TPSA) is 50.3 Å². The number of thiophene rings is 1. The molecule has 0 amide bonds. The molecule has 4 aromatic rings. The van der Waals surface area contributed by atoms with Crippen LogP contribution in [0.1, 0.15) is 30.6 Å². The van der Waals surface area contributed by atoms with Gasteiger partial charge in [-0.2, -0.15) is 0 Å². The maximum absolute atomic E-state index is 5.62. The zero-order chi connectivity index (χ0) is 20.1. The highest BCUT2D eigenvalue weighted by molar-refractivity contribution is 7.18. The minimum Gasteiger partial charge on any atom is -0.375 e. The number of thiazole rings is 1. The molecular formula is C23H24N4OS2. The number of hydrogen-bond donors (Lipinski definition) is 1. The summed E-state index contributed by atoms with van der Waals surface area (Å²) in [6.07, 6.45) is 4.80. The zero-order valence-electron chi connectivity index (χ0n) is 16.9. The first-order chi connectivity index (χ1) is 14.7. The number of nitrogens with one attached hydrogen (secondary N) is 1. The Morgan fingerprint density at radius 2 is 2.17 bits per heavy atom. The van der Waals surface area contributed by atoms with Crippen molar-refractivity contribution in [2.75, 3.05) is 25.0 Å². The lowest BCUT2D eigenvalue weighted by Crippen LogP contribution is -2.56. The largest absolute Gasteiger partial charge is 0.375 e. The van der Waals surface area contributed by atoms with Gasteiger partial charge in [0, 0.05) is 34.6 Å². The van der Waals surface area contributed by atoms with Crippen molar-refractivity contribution in [3.63, 3.8) is 0 Å². The molecular weight excluding hydrogens is 412 g/mol. The highest BCUT2D eigenvalue weighted by atomic mass is 32.1. The Hall–Kier alpha value is -2.06. The molecule has 2 unspecified atom stereocenters. The number of piperidine rings is 1. The number of hydrogen-bond acceptors (Lipinski definition) is 7. The molecule has 0 aliphatic carbocycles. The molecule has 3 atom stereocenters. The lowest BCUT2D eigenvalue weighted by Gasteiger charge is -2.45. The number of rotatable bonds is 4. The molecule has 5 heterocycles. The summed E-state index contributed by atoms with van der Waals surface area (Å²) in [5, 5.41) is 4.82. The van der Waals surface area contributed by atoms with Crippen molar-refractivity contribution in [1.29, 1.82) is 0 Å². The Bertz CT molecular complexity index is 1200. The summed E-state index contributed by atoms with van der Waals surface area (Å²) in [4.78, 5) is 14.3. The van der Waals surface area contributed by atoms with Crippen molar-refractivity contribution in [1.82, 2.24) is 14.9 Å². The Morgan fingerprint density at radius 1 is 1.20 bits per heavy atom. The van der Waals surface area contributed by atoms with Gasteiger partial charge in [0.25, 0.3) is 0 Å². The third kappa shape index (κ3) is 3.30. The molecule has 2 saturated heterocycles. The number of pyridine rings is 1. The number of aromatic nitrogens is 2. The van der Waals surface area contributed by atoms with Crippen LogP contribution in [0.5, 0.6) is 0 Å². The second-order valence-corrected chi connectivity index (χ2v) is 10.3. The fourth-order valence-electron chi connectivity index (χ4n) is 4.68. The van der Waals surface area contributed by atoms with Crippen LogP contribution < -0.4 is 5.32 Å². The normalized spacial score (nSPS) is 24.9. The molecule has 3 aromatic heterocycles. The molecule has 2 aliphatic heterocycles. The predicted octanol–water partition coefficient (Wildman–Crippen LogP) is 5.62. The number of nitrogens with zero attached hydrogens (tertiary/aromatic N) is 3. The van der Waals surface area contributed by atoms with Crippen molar-refractivity contribution in [3.05, 3.63) is 46.9 Å². The van der Waals surface area contributed by atoms with Crippen molar-refractivity contribution < 1.29 is 4.74 Å². The second-order valence-electron chi connectivity index (χ2n) is 8.33. The fraction of sp³-hybridized carbons (Fsp3) is 0.391. The predicted molar refractivity (Wildman–Crippen MR) is 125 cm³/mol. The number of anilines is 2. The zero-order valence-corrected chi connectivity index (χ0v) is 18.5. The van der Waals surface area contributed by atoms with E-state index in [9.17, 15) is 0 Å². The molecule has 0 spiro atoms. The van der Waals surface area contributed by atoms with E-state index in [0.29, 0.717) is 18.1 Å². The van der Waals surface area contributed by atoms with Gasteiger partial charge in [-0.25, -0.2) is 9.97 Å². The van der Waals surface area contributed by atoms with Gasteiger partial charge in [0.2, 0.25) is 0 Å². The van der Waals surface area contributed by atoms with Gasteiger partial charge in [-0.3, -0.25) is 4.90 Å². The monoisotopic (exact) mass is 436 g/mol. The molecule has 0 saturated carbocycles. The minimum absolute atomic E-state index is 0.374. The molecule has 1 N–H and O–H groups in total. The van der Waals surface area contributed by atoms with Gasteiger partial charge in [-0.1, -0.05) is 0 Å². The summed E-state index contributed by atoms with van der Waals surface area (Å²) in [5.74, 6) is 0.588. The van der Waals surface area contributed by atoms with E-state index in [0.717, 1.165) is 34.9 Å². The quantitative estimate of drug-likeness (QED) is 0.450. The van der Waals surface area contributed by atoms with Crippen molar-refractivity contribution in [2.45, 2.75) is 37.8 Å². The van der Waals surface area contributed by atoms with Gasteiger partial charge in [0.1, 0.15) is 4.83 Å². The Kier molecular flexibility index (Phi) is 4.71. The molecule has 0 radical (unpaired) electrons. The summed E-state index contributed by atoms with van der Waals surface area (Å²) in [6.45, 7) is 5.42. The van der Waals surface area contributed by atoms with E-state index in [-0.39, 0.29) is 0 Å². The van der Waals surface area contributed by atoms with E-state index in [1.165, 1.54) is 34.3 Å². The molecule has 30 heavy (non-hydrogen) atoms.